The lowest BCUT2D eigenvalue weighted by Gasteiger charge is -2.38. The molecule has 0 amide bonds. The van der Waals surface area contributed by atoms with Gasteiger partial charge in [-0.2, -0.15) is 0 Å². The normalized spacial score (nSPS) is 22.6. The molecule has 0 spiro atoms. The highest BCUT2D eigenvalue weighted by molar-refractivity contribution is 5.70. The zero-order valence-corrected chi connectivity index (χ0v) is 11.5. The van der Waals surface area contributed by atoms with Crippen molar-refractivity contribution in [3.63, 3.8) is 0 Å². The standard InChI is InChI=1S/C13H18N2O5/c1-9-8-20-10(7-16)6-14(9)11-4-3-5-12(19-2)13(11)15(17)18/h3-5,9-10,16H,6-8H2,1-2H3. The molecule has 7 nitrogen and oxygen atoms in total. The van der Waals surface area contributed by atoms with Crippen molar-refractivity contribution in [3.05, 3.63) is 28.3 Å². The van der Waals surface area contributed by atoms with E-state index in [2.05, 4.69) is 0 Å². The number of morpholine rings is 1. The number of benzene rings is 1. The SMILES string of the molecule is COc1cccc(N2CC(CO)OCC2C)c1[N+](=O)[O-]. The van der Waals surface area contributed by atoms with Crippen molar-refractivity contribution in [1.29, 1.82) is 0 Å². The number of para-hydroxylation sites is 1. The van der Waals surface area contributed by atoms with Crippen molar-refractivity contribution >= 4 is 11.4 Å². The quantitative estimate of drug-likeness (QED) is 0.659. The number of anilines is 1. The number of hydrogen-bond acceptors (Lipinski definition) is 6. The molecular weight excluding hydrogens is 264 g/mol. The molecule has 0 aromatic heterocycles. The molecule has 1 fully saturated rings. The van der Waals surface area contributed by atoms with E-state index in [1.54, 1.807) is 18.2 Å². The van der Waals surface area contributed by atoms with Crippen LogP contribution in [0.3, 0.4) is 0 Å². The molecule has 1 aliphatic rings. The Bertz CT molecular complexity index is 494. The van der Waals surface area contributed by atoms with E-state index >= 15 is 0 Å². The molecule has 7 heteroatoms. The zero-order chi connectivity index (χ0) is 14.7. The first kappa shape index (κ1) is 14.5. The fraction of sp³-hybridized carbons (Fsp3) is 0.538. The third-order valence-corrected chi connectivity index (χ3v) is 3.40. The molecule has 20 heavy (non-hydrogen) atoms. The summed E-state index contributed by atoms with van der Waals surface area (Å²) in [5.74, 6) is 0.228. The summed E-state index contributed by atoms with van der Waals surface area (Å²) >= 11 is 0. The van der Waals surface area contributed by atoms with Gasteiger partial charge in [0.25, 0.3) is 0 Å². The molecule has 2 rings (SSSR count). The number of ether oxygens (including phenoxy) is 2. The number of nitrogens with zero attached hydrogens (tertiary/aromatic N) is 2. The van der Waals surface area contributed by atoms with E-state index in [1.807, 2.05) is 11.8 Å². The smallest absolute Gasteiger partial charge is 0.333 e. The van der Waals surface area contributed by atoms with Gasteiger partial charge in [-0.1, -0.05) is 6.07 Å². The van der Waals surface area contributed by atoms with E-state index < -0.39 is 4.92 Å². The summed E-state index contributed by atoms with van der Waals surface area (Å²) in [5, 5.41) is 20.5. The van der Waals surface area contributed by atoms with E-state index in [0.29, 0.717) is 18.8 Å². The maximum atomic E-state index is 11.3. The van der Waals surface area contributed by atoms with Gasteiger partial charge in [0, 0.05) is 12.6 Å². The van der Waals surface area contributed by atoms with Crippen LogP contribution in [0.5, 0.6) is 5.75 Å². The van der Waals surface area contributed by atoms with Crippen LogP contribution in [0.4, 0.5) is 11.4 Å². The molecule has 2 unspecified atom stereocenters. The minimum absolute atomic E-state index is 0.0105. The average Bonchev–Trinajstić information content (AvgIpc) is 2.46. The third-order valence-electron chi connectivity index (χ3n) is 3.40. The second-order valence-corrected chi connectivity index (χ2v) is 4.72. The number of aliphatic hydroxyl groups is 1. The summed E-state index contributed by atoms with van der Waals surface area (Å²) in [6.45, 7) is 2.64. The van der Waals surface area contributed by atoms with E-state index in [4.69, 9.17) is 9.47 Å². The first-order valence-electron chi connectivity index (χ1n) is 6.39. The van der Waals surface area contributed by atoms with Crippen LogP contribution in [-0.4, -0.2) is 49.0 Å². The third kappa shape index (κ3) is 2.68. The van der Waals surface area contributed by atoms with Crippen LogP contribution in [0, 0.1) is 10.1 Å². The van der Waals surface area contributed by atoms with Gasteiger partial charge >= 0.3 is 5.69 Å². The van der Waals surface area contributed by atoms with Crippen LogP contribution >= 0.6 is 0 Å². The number of aliphatic hydroxyl groups excluding tert-OH is 1. The lowest BCUT2D eigenvalue weighted by atomic mass is 10.1. The van der Waals surface area contributed by atoms with Crippen molar-refractivity contribution in [2.75, 3.05) is 31.8 Å². The highest BCUT2D eigenvalue weighted by Gasteiger charge is 2.32. The Balaban J connectivity index is 2.42. The summed E-state index contributed by atoms with van der Waals surface area (Å²) in [7, 11) is 1.41. The molecule has 1 heterocycles. The van der Waals surface area contributed by atoms with Crippen LogP contribution in [-0.2, 0) is 4.74 Å². The minimum Gasteiger partial charge on any atom is -0.490 e. The Hall–Kier alpha value is -1.86. The maximum Gasteiger partial charge on any atom is 0.333 e. The summed E-state index contributed by atoms with van der Waals surface area (Å²) in [5.41, 5.74) is 0.434. The van der Waals surface area contributed by atoms with Crippen molar-refractivity contribution in [2.45, 2.75) is 19.1 Å². The molecule has 1 aromatic carbocycles. The first-order valence-corrected chi connectivity index (χ1v) is 6.39. The van der Waals surface area contributed by atoms with Gasteiger partial charge in [0.15, 0.2) is 5.75 Å². The maximum absolute atomic E-state index is 11.3. The van der Waals surface area contributed by atoms with Gasteiger partial charge in [-0.3, -0.25) is 10.1 Å². The first-order chi connectivity index (χ1) is 9.58. The predicted octanol–water partition coefficient (Wildman–Crippen LogP) is 1.19. The number of rotatable bonds is 4. The fourth-order valence-corrected chi connectivity index (χ4v) is 2.35. The highest BCUT2D eigenvalue weighted by atomic mass is 16.6. The van der Waals surface area contributed by atoms with Crippen LogP contribution < -0.4 is 9.64 Å². The molecule has 1 saturated heterocycles. The summed E-state index contributed by atoms with van der Waals surface area (Å²) < 4.78 is 10.5. The van der Waals surface area contributed by atoms with Crippen molar-refractivity contribution in [3.8, 4) is 5.75 Å². The van der Waals surface area contributed by atoms with Crippen LogP contribution in [0.15, 0.2) is 18.2 Å². The number of methoxy groups -OCH3 is 1. The molecule has 0 aliphatic carbocycles. The zero-order valence-electron chi connectivity index (χ0n) is 11.5. The van der Waals surface area contributed by atoms with Gasteiger partial charge in [-0.05, 0) is 19.1 Å². The van der Waals surface area contributed by atoms with E-state index in [0.717, 1.165) is 0 Å². The summed E-state index contributed by atoms with van der Waals surface area (Å²) in [6.07, 6.45) is -0.336. The van der Waals surface area contributed by atoms with Gasteiger partial charge in [-0.15, -0.1) is 0 Å². The summed E-state index contributed by atoms with van der Waals surface area (Å²) in [4.78, 5) is 12.8. The highest BCUT2D eigenvalue weighted by Crippen LogP contribution is 2.38. The Morgan fingerprint density at radius 1 is 1.60 bits per heavy atom. The fourth-order valence-electron chi connectivity index (χ4n) is 2.35. The lowest BCUT2D eigenvalue weighted by molar-refractivity contribution is -0.385. The number of hydrogen-bond donors (Lipinski definition) is 1. The molecule has 0 bridgehead atoms. The molecule has 1 N–H and O–H groups in total. The van der Waals surface area contributed by atoms with E-state index in [-0.39, 0.29) is 30.2 Å². The molecular formula is C13H18N2O5. The molecule has 0 saturated carbocycles. The largest absolute Gasteiger partial charge is 0.490 e. The topological polar surface area (TPSA) is 85.1 Å². The predicted molar refractivity (Wildman–Crippen MR) is 73.3 cm³/mol. The van der Waals surface area contributed by atoms with Crippen LogP contribution in [0.2, 0.25) is 0 Å². The Labute approximate surface area is 116 Å². The number of nitro groups is 1. The van der Waals surface area contributed by atoms with Gasteiger partial charge in [0.05, 0.1) is 31.4 Å². The Morgan fingerprint density at radius 3 is 2.95 bits per heavy atom. The molecule has 2 atom stereocenters. The lowest BCUT2D eigenvalue weighted by Crippen LogP contribution is -2.49. The van der Waals surface area contributed by atoms with E-state index in [9.17, 15) is 15.2 Å². The van der Waals surface area contributed by atoms with Gasteiger partial charge in [-0.25, -0.2) is 0 Å². The summed E-state index contributed by atoms with van der Waals surface area (Å²) in [6, 6.07) is 4.97. The van der Waals surface area contributed by atoms with Crippen molar-refractivity contribution < 1.29 is 19.5 Å². The van der Waals surface area contributed by atoms with Gasteiger partial charge in [0.1, 0.15) is 5.69 Å². The second-order valence-electron chi connectivity index (χ2n) is 4.72. The van der Waals surface area contributed by atoms with Crippen molar-refractivity contribution in [2.24, 2.45) is 0 Å². The van der Waals surface area contributed by atoms with E-state index in [1.165, 1.54) is 7.11 Å². The van der Waals surface area contributed by atoms with Crippen LogP contribution in [0.25, 0.3) is 0 Å². The molecule has 1 aliphatic heterocycles. The monoisotopic (exact) mass is 282 g/mol. The van der Waals surface area contributed by atoms with Gasteiger partial charge < -0.3 is 19.5 Å². The minimum atomic E-state index is -0.440. The van der Waals surface area contributed by atoms with Crippen molar-refractivity contribution in [1.82, 2.24) is 0 Å². The Kier molecular flexibility index (Phi) is 4.41. The Morgan fingerprint density at radius 2 is 2.35 bits per heavy atom. The molecule has 110 valence electrons. The molecule has 0 radical (unpaired) electrons. The van der Waals surface area contributed by atoms with Gasteiger partial charge in [0.2, 0.25) is 0 Å². The second kappa shape index (κ2) is 6.06. The average molecular weight is 282 g/mol. The molecule has 1 aromatic rings. The number of nitro benzene ring substituents is 1. The van der Waals surface area contributed by atoms with Crippen LogP contribution in [0.1, 0.15) is 6.92 Å².